The van der Waals surface area contributed by atoms with E-state index in [-0.39, 0.29) is 17.1 Å². The Kier molecular flexibility index (Phi) is 8.91. The number of ether oxygens (including phenoxy) is 1. The van der Waals surface area contributed by atoms with Gasteiger partial charge in [-0.3, -0.25) is 4.79 Å². The Hall–Kier alpha value is -0.220. The highest BCUT2D eigenvalue weighted by Gasteiger charge is 2.16. The van der Waals surface area contributed by atoms with Crippen molar-refractivity contribution in [2.24, 2.45) is 5.92 Å². The number of hydrogen-bond acceptors (Lipinski definition) is 3. The minimum Gasteiger partial charge on any atom is -0.381 e. The summed E-state index contributed by atoms with van der Waals surface area (Å²) in [5.41, 5.74) is 0. The number of hydrogen-bond donors (Lipinski definition) is 2. The van der Waals surface area contributed by atoms with Gasteiger partial charge in [0.1, 0.15) is 0 Å². The minimum absolute atomic E-state index is 0.0174. The first-order valence-corrected chi connectivity index (χ1v) is 6.14. The zero-order valence-corrected chi connectivity index (χ0v) is 10.8. The fourth-order valence-electron chi connectivity index (χ4n) is 1.04. The molecule has 0 saturated heterocycles. The molecule has 1 amide bonds. The molecule has 0 saturated carbocycles. The van der Waals surface area contributed by atoms with Gasteiger partial charge < -0.3 is 10.1 Å². The number of rotatable bonds is 8. The van der Waals surface area contributed by atoms with Gasteiger partial charge in [-0.15, -0.1) is 0 Å². The molecular weight excluding hydrogens is 210 g/mol. The molecule has 0 aliphatic carbocycles. The van der Waals surface area contributed by atoms with Crippen LogP contribution < -0.4 is 5.32 Å². The van der Waals surface area contributed by atoms with Gasteiger partial charge in [-0.05, 0) is 18.8 Å². The third-order valence-electron chi connectivity index (χ3n) is 2.01. The molecule has 0 radical (unpaired) electrons. The SMILES string of the molecule is CCCOCCCNC(=O)C(S)C(C)C. The third kappa shape index (κ3) is 7.68. The van der Waals surface area contributed by atoms with Crippen molar-refractivity contribution in [2.75, 3.05) is 19.8 Å². The van der Waals surface area contributed by atoms with Gasteiger partial charge in [0, 0.05) is 19.8 Å². The number of amides is 1. The Morgan fingerprint density at radius 1 is 1.40 bits per heavy atom. The number of carbonyl (C=O) groups is 1. The van der Waals surface area contributed by atoms with Gasteiger partial charge in [0.15, 0.2) is 0 Å². The Morgan fingerprint density at radius 3 is 2.60 bits per heavy atom. The van der Waals surface area contributed by atoms with Crippen molar-refractivity contribution < 1.29 is 9.53 Å². The van der Waals surface area contributed by atoms with E-state index in [9.17, 15) is 4.79 Å². The van der Waals surface area contributed by atoms with E-state index in [1.807, 2.05) is 13.8 Å². The fraction of sp³-hybridized carbons (Fsp3) is 0.909. The van der Waals surface area contributed by atoms with Crippen molar-refractivity contribution >= 4 is 18.5 Å². The second kappa shape index (κ2) is 9.04. The highest BCUT2D eigenvalue weighted by atomic mass is 32.1. The molecule has 0 aliphatic heterocycles. The molecule has 1 N–H and O–H groups in total. The van der Waals surface area contributed by atoms with Gasteiger partial charge in [-0.25, -0.2) is 0 Å². The quantitative estimate of drug-likeness (QED) is 0.496. The van der Waals surface area contributed by atoms with Crippen molar-refractivity contribution in [2.45, 2.75) is 38.9 Å². The van der Waals surface area contributed by atoms with Crippen LogP contribution in [0.3, 0.4) is 0 Å². The predicted molar refractivity (Wildman–Crippen MR) is 66.3 cm³/mol. The topological polar surface area (TPSA) is 38.3 Å². The molecule has 0 bridgehead atoms. The maximum absolute atomic E-state index is 11.4. The highest BCUT2D eigenvalue weighted by Crippen LogP contribution is 2.08. The lowest BCUT2D eigenvalue weighted by atomic mass is 10.1. The molecule has 0 spiro atoms. The van der Waals surface area contributed by atoms with E-state index in [4.69, 9.17) is 4.74 Å². The standard InChI is InChI=1S/C11H23NO2S/c1-4-7-14-8-5-6-12-11(13)10(15)9(2)3/h9-10,15H,4-8H2,1-3H3,(H,12,13). The van der Waals surface area contributed by atoms with Crippen molar-refractivity contribution in [3.8, 4) is 0 Å². The molecular formula is C11H23NO2S. The zero-order valence-electron chi connectivity index (χ0n) is 9.95. The average molecular weight is 233 g/mol. The predicted octanol–water partition coefficient (Wildman–Crippen LogP) is 1.87. The van der Waals surface area contributed by atoms with Gasteiger partial charge in [0.2, 0.25) is 5.91 Å². The van der Waals surface area contributed by atoms with Crippen LogP contribution in [0.15, 0.2) is 0 Å². The molecule has 15 heavy (non-hydrogen) atoms. The maximum Gasteiger partial charge on any atom is 0.233 e. The summed E-state index contributed by atoms with van der Waals surface area (Å²) in [6.07, 6.45) is 1.91. The maximum atomic E-state index is 11.4. The van der Waals surface area contributed by atoms with Crippen molar-refractivity contribution in [3.63, 3.8) is 0 Å². The monoisotopic (exact) mass is 233 g/mol. The molecule has 0 aliphatic rings. The lowest BCUT2D eigenvalue weighted by Crippen LogP contribution is -2.35. The number of carbonyl (C=O) groups excluding carboxylic acids is 1. The first-order chi connectivity index (χ1) is 7.09. The van der Waals surface area contributed by atoms with Crippen molar-refractivity contribution in [1.82, 2.24) is 5.32 Å². The molecule has 0 fully saturated rings. The van der Waals surface area contributed by atoms with Crippen molar-refractivity contribution in [1.29, 1.82) is 0 Å². The number of thiol groups is 1. The summed E-state index contributed by atoms with van der Waals surface area (Å²) in [6, 6.07) is 0. The second-order valence-electron chi connectivity index (χ2n) is 3.95. The fourth-order valence-corrected chi connectivity index (χ4v) is 1.13. The summed E-state index contributed by atoms with van der Waals surface area (Å²) in [5.74, 6) is 0.286. The van der Waals surface area contributed by atoms with Crippen LogP contribution in [-0.2, 0) is 9.53 Å². The normalized spacial score (nSPS) is 12.9. The largest absolute Gasteiger partial charge is 0.381 e. The zero-order chi connectivity index (χ0) is 11.7. The van der Waals surface area contributed by atoms with Gasteiger partial charge in [0.05, 0.1) is 5.25 Å². The lowest BCUT2D eigenvalue weighted by molar-refractivity contribution is -0.121. The van der Waals surface area contributed by atoms with Crippen LogP contribution >= 0.6 is 12.6 Å². The van der Waals surface area contributed by atoms with E-state index in [0.29, 0.717) is 13.2 Å². The van der Waals surface area contributed by atoms with Crippen LogP contribution in [0.1, 0.15) is 33.6 Å². The summed E-state index contributed by atoms with van der Waals surface area (Å²) in [5, 5.41) is 2.64. The molecule has 1 atom stereocenters. The Balaban J connectivity index is 3.39. The minimum atomic E-state index is -0.207. The van der Waals surface area contributed by atoms with E-state index in [2.05, 4.69) is 24.9 Å². The van der Waals surface area contributed by atoms with E-state index < -0.39 is 0 Å². The third-order valence-corrected chi connectivity index (χ3v) is 2.84. The van der Waals surface area contributed by atoms with Crippen LogP contribution in [0.25, 0.3) is 0 Å². The average Bonchev–Trinajstić information content (AvgIpc) is 2.21. The van der Waals surface area contributed by atoms with Crippen LogP contribution in [0, 0.1) is 5.92 Å². The van der Waals surface area contributed by atoms with Crippen LogP contribution in [0.4, 0.5) is 0 Å². The lowest BCUT2D eigenvalue weighted by Gasteiger charge is -2.14. The van der Waals surface area contributed by atoms with Crippen LogP contribution in [-0.4, -0.2) is 30.9 Å². The molecule has 0 aromatic rings. The smallest absolute Gasteiger partial charge is 0.233 e. The molecule has 0 rings (SSSR count). The second-order valence-corrected chi connectivity index (χ2v) is 4.50. The van der Waals surface area contributed by atoms with Gasteiger partial charge >= 0.3 is 0 Å². The summed E-state index contributed by atoms with van der Waals surface area (Å²) in [4.78, 5) is 11.4. The van der Waals surface area contributed by atoms with Crippen LogP contribution in [0.5, 0.6) is 0 Å². The van der Waals surface area contributed by atoms with Gasteiger partial charge in [-0.2, -0.15) is 12.6 Å². The molecule has 0 heterocycles. The molecule has 3 nitrogen and oxygen atoms in total. The molecule has 0 aromatic carbocycles. The Bertz CT molecular complexity index is 174. The summed E-state index contributed by atoms with van der Waals surface area (Å²) in [6.45, 7) is 8.24. The highest BCUT2D eigenvalue weighted by molar-refractivity contribution is 7.81. The summed E-state index contributed by atoms with van der Waals surface area (Å²) >= 11 is 4.24. The summed E-state index contributed by atoms with van der Waals surface area (Å²) in [7, 11) is 0. The van der Waals surface area contributed by atoms with Crippen molar-refractivity contribution in [3.05, 3.63) is 0 Å². The van der Waals surface area contributed by atoms with Gasteiger partial charge in [0.25, 0.3) is 0 Å². The van der Waals surface area contributed by atoms with Crippen LogP contribution in [0.2, 0.25) is 0 Å². The van der Waals surface area contributed by atoms with E-state index in [1.54, 1.807) is 0 Å². The summed E-state index contributed by atoms with van der Waals surface area (Å²) < 4.78 is 5.30. The molecule has 4 heteroatoms. The first-order valence-electron chi connectivity index (χ1n) is 5.63. The Labute approximate surface area is 98.4 Å². The van der Waals surface area contributed by atoms with Gasteiger partial charge in [-0.1, -0.05) is 20.8 Å². The number of nitrogens with one attached hydrogen (secondary N) is 1. The first kappa shape index (κ1) is 14.8. The van der Waals surface area contributed by atoms with E-state index >= 15 is 0 Å². The Morgan fingerprint density at radius 2 is 2.07 bits per heavy atom. The molecule has 0 aromatic heterocycles. The molecule has 1 unspecified atom stereocenters. The van der Waals surface area contributed by atoms with E-state index in [0.717, 1.165) is 19.4 Å². The molecule has 90 valence electrons. The van der Waals surface area contributed by atoms with E-state index in [1.165, 1.54) is 0 Å².